The molecule has 3 rings (SSSR count). The largest absolute Gasteiger partial charge is 0.440 e. The van der Waals surface area contributed by atoms with E-state index in [9.17, 15) is 4.79 Å². The third-order valence-corrected chi connectivity index (χ3v) is 5.36. The summed E-state index contributed by atoms with van der Waals surface area (Å²) in [4.78, 5) is 17.1. The lowest BCUT2D eigenvalue weighted by Crippen LogP contribution is -2.05. The summed E-state index contributed by atoms with van der Waals surface area (Å²) in [5.41, 5.74) is 2.86. The monoisotopic (exact) mass is 375 g/mol. The Kier molecular flexibility index (Phi) is 7.18. The van der Waals surface area contributed by atoms with Crippen LogP contribution in [0.1, 0.15) is 51.8 Å². The Bertz CT molecular complexity index is 807. The molecule has 0 atom stereocenters. The van der Waals surface area contributed by atoms with Gasteiger partial charge in [-0.1, -0.05) is 87.4 Å². The second-order valence-corrected chi connectivity index (χ2v) is 7.28. The van der Waals surface area contributed by atoms with Crippen molar-refractivity contribution < 1.29 is 9.21 Å². The van der Waals surface area contributed by atoms with E-state index in [2.05, 4.69) is 13.8 Å². The number of hydrogen-bond donors (Lipinski definition) is 0. The van der Waals surface area contributed by atoms with Crippen LogP contribution in [0.2, 0.25) is 0 Å². The number of benzene rings is 2. The van der Waals surface area contributed by atoms with E-state index in [1.165, 1.54) is 0 Å². The van der Waals surface area contributed by atoms with E-state index < -0.39 is 0 Å². The Labute approximate surface area is 167 Å². The number of hydrogen-bond acceptors (Lipinski definition) is 3. The van der Waals surface area contributed by atoms with E-state index in [-0.39, 0.29) is 0 Å². The highest BCUT2D eigenvalue weighted by Gasteiger charge is 2.17. The second kappa shape index (κ2) is 10.0. The maximum Gasteiger partial charge on any atom is 0.195 e. The lowest BCUT2D eigenvalue weighted by Gasteiger charge is -2.10. The summed E-state index contributed by atoms with van der Waals surface area (Å²) in [5, 5.41) is 0. The molecule has 0 aliphatic rings. The molecular formula is C25H29NO2. The average Bonchev–Trinajstić information content (AvgIpc) is 3.19. The van der Waals surface area contributed by atoms with E-state index >= 15 is 0 Å². The molecule has 0 spiro atoms. The molecule has 0 N–H and O–H groups in total. The van der Waals surface area contributed by atoms with Crippen LogP contribution in [0, 0.1) is 5.92 Å². The number of rotatable bonds is 10. The molecular weight excluding hydrogens is 346 g/mol. The minimum absolute atomic E-state index is 0.299. The number of carbonyl (C=O) groups is 1. The van der Waals surface area contributed by atoms with Gasteiger partial charge in [0.1, 0.15) is 11.5 Å². The summed E-state index contributed by atoms with van der Waals surface area (Å²) in [6.07, 6.45) is 4.97. The second-order valence-electron chi connectivity index (χ2n) is 7.28. The maximum absolute atomic E-state index is 12.3. The topological polar surface area (TPSA) is 43.1 Å². The van der Waals surface area contributed by atoms with Gasteiger partial charge in [-0.05, 0) is 12.3 Å². The zero-order valence-corrected chi connectivity index (χ0v) is 16.9. The zero-order valence-electron chi connectivity index (χ0n) is 16.9. The van der Waals surface area contributed by atoms with Crippen molar-refractivity contribution in [3.05, 3.63) is 66.6 Å². The first-order valence-electron chi connectivity index (χ1n) is 10.3. The summed E-state index contributed by atoms with van der Waals surface area (Å²) in [7, 11) is 0. The van der Waals surface area contributed by atoms with Crippen molar-refractivity contribution >= 4 is 5.78 Å². The number of nitrogens with zero attached hydrogens (tertiary/aromatic N) is 1. The molecule has 1 aromatic heterocycles. The molecule has 0 bridgehead atoms. The van der Waals surface area contributed by atoms with Crippen LogP contribution >= 0.6 is 0 Å². The first-order valence-corrected chi connectivity index (χ1v) is 10.3. The summed E-state index contributed by atoms with van der Waals surface area (Å²) in [5.74, 6) is 2.35. The summed E-state index contributed by atoms with van der Waals surface area (Å²) < 4.78 is 6.11. The van der Waals surface area contributed by atoms with Gasteiger partial charge in [0.05, 0.1) is 0 Å². The van der Waals surface area contributed by atoms with Gasteiger partial charge in [-0.3, -0.25) is 4.79 Å². The summed E-state index contributed by atoms with van der Waals surface area (Å²) >= 11 is 0. The predicted octanol–water partition coefficient (Wildman–Crippen LogP) is 6.73. The van der Waals surface area contributed by atoms with E-state index in [1.807, 2.05) is 60.7 Å². The van der Waals surface area contributed by atoms with Crippen molar-refractivity contribution in [2.75, 3.05) is 0 Å². The first kappa shape index (κ1) is 20.1. The van der Waals surface area contributed by atoms with Crippen LogP contribution in [0.4, 0.5) is 0 Å². The number of carbonyl (C=O) groups excluding carboxylic acids is 1. The molecule has 146 valence electrons. The van der Waals surface area contributed by atoms with Gasteiger partial charge < -0.3 is 4.42 Å². The predicted molar refractivity (Wildman–Crippen MR) is 114 cm³/mol. The van der Waals surface area contributed by atoms with Crippen molar-refractivity contribution in [1.29, 1.82) is 0 Å². The molecule has 1 heterocycles. The van der Waals surface area contributed by atoms with E-state index in [0.717, 1.165) is 41.8 Å². The van der Waals surface area contributed by atoms with Crippen molar-refractivity contribution in [3.63, 3.8) is 0 Å². The van der Waals surface area contributed by atoms with Gasteiger partial charge in [0.15, 0.2) is 11.7 Å². The van der Waals surface area contributed by atoms with E-state index in [4.69, 9.17) is 9.40 Å². The molecule has 3 heteroatoms. The molecule has 0 saturated heterocycles. The highest BCUT2D eigenvalue weighted by atomic mass is 16.4. The normalized spacial score (nSPS) is 11.1. The Morgan fingerprint density at radius 2 is 1.50 bits per heavy atom. The fourth-order valence-corrected chi connectivity index (χ4v) is 3.48. The first-order chi connectivity index (χ1) is 13.7. The van der Waals surface area contributed by atoms with E-state index in [1.54, 1.807) is 0 Å². The van der Waals surface area contributed by atoms with Crippen molar-refractivity contribution in [1.82, 2.24) is 4.98 Å². The molecule has 0 unspecified atom stereocenters. The minimum atomic E-state index is 0.299. The fraction of sp³-hybridized carbons (Fsp3) is 0.360. The van der Waals surface area contributed by atoms with Crippen LogP contribution in [-0.2, 0) is 11.2 Å². The molecule has 0 radical (unpaired) electrons. The third-order valence-electron chi connectivity index (χ3n) is 5.36. The molecule has 2 aromatic carbocycles. The highest BCUT2D eigenvalue weighted by Crippen LogP contribution is 2.32. The lowest BCUT2D eigenvalue weighted by atomic mass is 9.95. The fourth-order valence-electron chi connectivity index (χ4n) is 3.48. The molecule has 0 fully saturated rings. The highest BCUT2D eigenvalue weighted by molar-refractivity contribution is 5.79. The summed E-state index contributed by atoms with van der Waals surface area (Å²) in [6, 6.07) is 20.1. The minimum Gasteiger partial charge on any atom is -0.440 e. The number of oxazole rings is 1. The van der Waals surface area contributed by atoms with Gasteiger partial charge in [-0.25, -0.2) is 4.98 Å². The van der Waals surface area contributed by atoms with Crippen LogP contribution in [0.25, 0.3) is 22.6 Å². The summed E-state index contributed by atoms with van der Waals surface area (Å²) in [6.45, 7) is 4.39. The molecule has 3 aromatic rings. The Hall–Kier alpha value is -2.68. The number of aromatic nitrogens is 1. The van der Waals surface area contributed by atoms with Crippen LogP contribution in [0.3, 0.4) is 0 Å². The number of Topliss-reactive ketones (excluding diaryl/α,β-unsaturated/α-hetero) is 1. The van der Waals surface area contributed by atoms with Gasteiger partial charge in [0, 0.05) is 30.4 Å². The molecule has 3 nitrogen and oxygen atoms in total. The maximum atomic E-state index is 12.3. The lowest BCUT2D eigenvalue weighted by molar-refractivity contribution is -0.119. The zero-order chi connectivity index (χ0) is 19.8. The number of ketones is 1. The smallest absolute Gasteiger partial charge is 0.195 e. The molecule has 0 amide bonds. The molecule has 0 aliphatic carbocycles. The standard InChI is InChI=1S/C25H29NO2/c1-3-19(4-2)15-16-22(27)17-18-23-26-24(20-11-7-5-8-12-20)25(28-23)21-13-9-6-10-14-21/h5-14,19H,3-4,15-18H2,1-2H3. The Balaban J connectivity index is 1.74. The van der Waals surface area contributed by atoms with Crippen molar-refractivity contribution in [2.24, 2.45) is 5.92 Å². The van der Waals surface area contributed by atoms with Gasteiger partial charge in [-0.2, -0.15) is 0 Å². The van der Waals surface area contributed by atoms with Crippen molar-refractivity contribution in [3.8, 4) is 22.6 Å². The third kappa shape index (κ3) is 5.19. The van der Waals surface area contributed by atoms with Crippen molar-refractivity contribution in [2.45, 2.75) is 52.4 Å². The van der Waals surface area contributed by atoms with Gasteiger partial charge in [-0.15, -0.1) is 0 Å². The SMILES string of the molecule is CCC(CC)CCC(=O)CCc1nc(-c2ccccc2)c(-c2ccccc2)o1. The molecule has 28 heavy (non-hydrogen) atoms. The number of aryl methyl sites for hydroxylation is 1. The molecule has 0 saturated carbocycles. The Morgan fingerprint density at radius 3 is 2.11 bits per heavy atom. The van der Waals surface area contributed by atoms with Gasteiger partial charge >= 0.3 is 0 Å². The van der Waals surface area contributed by atoms with E-state index in [0.29, 0.717) is 36.9 Å². The van der Waals surface area contributed by atoms with Crippen LogP contribution in [0.5, 0.6) is 0 Å². The average molecular weight is 376 g/mol. The quantitative estimate of drug-likeness (QED) is 0.395. The van der Waals surface area contributed by atoms with Crippen LogP contribution < -0.4 is 0 Å². The van der Waals surface area contributed by atoms with Gasteiger partial charge in [0.2, 0.25) is 0 Å². The Morgan fingerprint density at radius 1 is 0.893 bits per heavy atom. The van der Waals surface area contributed by atoms with Gasteiger partial charge in [0.25, 0.3) is 0 Å². The van der Waals surface area contributed by atoms with Crippen LogP contribution in [-0.4, -0.2) is 10.8 Å². The van der Waals surface area contributed by atoms with Crippen LogP contribution in [0.15, 0.2) is 65.1 Å². The molecule has 0 aliphatic heterocycles.